The standard InChI is InChI=1S/C23H21N3O3S/c1-15-6-4-5-7-20(15)26-23(27)18(12-24)10-17-8-9-21(22(11-17)28-3)29-13-19-14-30-16(2)25-19/h4-11,14H,13H2,1-3H3,(H,26,27)/b18-10+. The molecule has 1 N–H and O–H groups in total. The molecule has 1 aromatic heterocycles. The lowest BCUT2D eigenvalue weighted by Gasteiger charge is -2.11. The molecule has 0 spiro atoms. The van der Waals surface area contributed by atoms with Gasteiger partial charge in [0, 0.05) is 11.1 Å². The Morgan fingerprint density at radius 1 is 1.23 bits per heavy atom. The van der Waals surface area contributed by atoms with Crippen LogP contribution < -0.4 is 14.8 Å². The highest BCUT2D eigenvalue weighted by molar-refractivity contribution is 7.09. The number of benzene rings is 2. The number of methoxy groups -OCH3 is 1. The third-order valence-corrected chi connectivity index (χ3v) is 5.12. The number of para-hydroxylation sites is 1. The molecular weight excluding hydrogens is 398 g/mol. The largest absolute Gasteiger partial charge is 0.493 e. The maximum absolute atomic E-state index is 12.5. The molecule has 0 radical (unpaired) electrons. The van der Waals surface area contributed by atoms with Crippen LogP contribution in [0.25, 0.3) is 6.08 Å². The molecular formula is C23H21N3O3S. The number of hydrogen-bond donors (Lipinski definition) is 1. The predicted molar refractivity (Wildman–Crippen MR) is 118 cm³/mol. The van der Waals surface area contributed by atoms with Crippen LogP contribution >= 0.6 is 11.3 Å². The number of thiazole rings is 1. The van der Waals surface area contributed by atoms with E-state index in [9.17, 15) is 10.1 Å². The molecule has 2 aromatic carbocycles. The average Bonchev–Trinajstić information content (AvgIpc) is 3.17. The van der Waals surface area contributed by atoms with Crippen molar-refractivity contribution in [2.75, 3.05) is 12.4 Å². The number of nitrogens with one attached hydrogen (secondary N) is 1. The van der Waals surface area contributed by atoms with E-state index < -0.39 is 5.91 Å². The van der Waals surface area contributed by atoms with Crippen molar-refractivity contribution in [1.82, 2.24) is 4.98 Å². The normalized spacial score (nSPS) is 10.9. The minimum Gasteiger partial charge on any atom is -0.493 e. The Morgan fingerprint density at radius 2 is 2.03 bits per heavy atom. The summed E-state index contributed by atoms with van der Waals surface area (Å²) in [5.41, 5.74) is 3.08. The summed E-state index contributed by atoms with van der Waals surface area (Å²) in [5.74, 6) is 0.598. The second-order valence-electron chi connectivity index (χ2n) is 6.50. The van der Waals surface area contributed by atoms with Crippen molar-refractivity contribution in [2.24, 2.45) is 0 Å². The summed E-state index contributed by atoms with van der Waals surface area (Å²) in [7, 11) is 1.54. The number of carbonyl (C=O) groups excluding carboxylic acids is 1. The number of ether oxygens (including phenoxy) is 2. The summed E-state index contributed by atoms with van der Waals surface area (Å²) < 4.78 is 11.2. The molecule has 0 unspecified atom stereocenters. The van der Waals surface area contributed by atoms with Crippen LogP contribution in [0.4, 0.5) is 5.69 Å². The van der Waals surface area contributed by atoms with Gasteiger partial charge in [0.25, 0.3) is 5.91 Å². The zero-order valence-corrected chi connectivity index (χ0v) is 17.7. The van der Waals surface area contributed by atoms with Crippen LogP contribution in [0.2, 0.25) is 0 Å². The molecule has 0 bridgehead atoms. The zero-order valence-electron chi connectivity index (χ0n) is 16.9. The van der Waals surface area contributed by atoms with Crippen molar-refractivity contribution >= 4 is 29.0 Å². The van der Waals surface area contributed by atoms with Gasteiger partial charge in [-0.25, -0.2) is 4.98 Å². The van der Waals surface area contributed by atoms with Crippen LogP contribution in [-0.2, 0) is 11.4 Å². The van der Waals surface area contributed by atoms with Gasteiger partial charge in [-0.3, -0.25) is 4.79 Å². The second-order valence-corrected chi connectivity index (χ2v) is 7.56. The fourth-order valence-electron chi connectivity index (χ4n) is 2.74. The SMILES string of the molecule is COc1cc(/C=C(\C#N)C(=O)Nc2ccccc2C)ccc1OCc1csc(C)n1. The lowest BCUT2D eigenvalue weighted by atomic mass is 10.1. The molecule has 3 rings (SSSR count). The highest BCUT2D eigenvalue weighted by Gasteiger charge is 2.12. The second kappa shape index (κ2) is 9.72. The minimum atomic E-state index is -0.468. The molecule has 1 amide bonds. The molecule has 7 heteroatoms. The van der Waals surface area contributed by atoms with Crippen molar-refractivity contribution in [3.8, 4) is 17.6 Å². The van der Waals surface area contributed by atoms with E-state index in [0.29, 0.717) is 29.4 Å². The van der Waals surface area contributed by atoms with Crippen molar-refractivity contribution in [3.05, 3.63) is 75.2 Å². The van der Waals surface area contributed by atoms with Crippen LogP contribution in [0, 0.1) is 25.2 Å². The van der Waals surface area contributed by atoms with E-state index in [0.717, 1.165) is 16.3 Å². The number of nitrogens with zero attached hydrogens (tertiary/aromatic N) is 2. The van der Waals surface area contributed by atoms with Gasteiger partial charge in [0.15, 0.2) is 11.5 Å². The Balaban J connectivity index is 1.76. The number of nitriles is 1. The van der Waals surface area contributed by atoms with Crippen LogP contribution in [0.15, 0.2) is 53.4 Å². The molecule has 0 atom stereocenters. The van der Waals surface area contributed by atoms with Crippen molar-refractivity contribution in [1.29, 1.82) is 5.26 Å². The minimum absolute atomic E-state index is 0.00748. The van der Waals surface area contributed by atoms with E-state index in [-0.39, 0.29) is 5.57 Å². The zero-order chi connectivity index (χ0) is 21.5. The van der Waals surface area contributed by atoms with Gasteiger partial charge in [0.05, 0.1) is 17.8 Å². The summed E-state index contributed by atoms with van der Waals surface area (Å²) in [6, 6.07) is 14.6. The van der Waals surface area contributed by atoms with Crippen LogP contribution in [-0.4, -0.2) is 18.0 Å². The van der Waals surface area contributed by atoms with E-state index in [1.54, 1.807) is 42.7 Å². The Bertz CT molecular complexity index is 1130. The van der Waals surface area contributed by atoms with Crippen molar-refractivity contribution < 1.29 is 14.3 Å². The van der Waals surface area contributed by atoms with Gasteiger partial charge < -0.3 is 14.8 Å². The molecule has 6 nitrogen and oxygen atoms in total. The third-order valence-electron chi connectivity index (χ3n) is 4.30. The highest BCUT2D eigenvalue weighted by atomic mass is 32.1. The number of aromatic nitrogens is 1. The summed E-state index contributed by atoms with van der Waals surface area (Å²) in [6.45, 7) is 4.16. The smallest absolute Gasteiger partial charge is 0.266 e. The Hall–Kier alpha value is -3.63. The molecule has 0 aliphatic carbocycles. The van der Waals surface area contributed by atoms with Gasteiger partial charge in [-0.05, 0) is 49.2 Å². The number of aryl methyl sites for hydroxylation is 2. The predicted octanol–water partition coefficient (Wildman–Crippen LogP) is 4.89. The first-order chi connectivity index (χ1) is 14.5. The molecule has 0 fully saturated rings. The molecule has 0 saturated heterocycles. The molecule has 3 aromatic rings. The fourth-order valence-corrected chi connectivity index (χ4v) is 3.33. The molecule has 0 aliphatic heterocycles. The first-order valence-electron chi connectivity index (χ1n) is 9.20. The number of rotatable bonds is 7. The van der Waals surface area contributed by atoms with Crippen molar-refractivity contribution in [2.45, 2.75) is 20.5 Å². The maximum Gasteiger partial charge on any atom is 0.266 e. The average molecular weight is 420 g/mol. The highest BCUT2D eigenvalue weighted by Crippen LogP contribution is 2.30. The molecule has 0 saturated carbocycles. The third kappa shape index (κ3) is 5.25. The monoisotopic (exact) mass is 419 g/mol. The Kier molecular flexibility index (Phi) is 6.83. The van der Waals surface area contributed by atoms with Gasteiger partial charge in [-0.2, -0.15) is 5.26 Å². The van der Waals surface area contributed by atoms with Crippen molar-refractivity contribution in [3.63, 3.8) is 0 Å². The summed E-state index contributed by atoms with van der Waals surface area (Å²) in [6.07, 6.45) is 1.52. The van der Waals surface area contributed by atoms with Crippen LogP contribution in [0.3, 0.4) is 0 Å². The molecule has 30 heavy (non-hydrogen) atoms. The fraction of sp³-hybridized carbons (Fsp3) is 0.174. The number of hydrogen-bond acceptors (Lipinski definition) is 6. The summed E-state index contributed by atoms with van der Waals surface area (Å²) >= 11 is 1.57. The number of carbonyl (C=O) groups is 1. The van der Waals surface area contributed by atoms with E-state index in [1.165, 1.54) is 6.08 Å². The quantitative estimate of drug-likeness (QED) is 0.435. The van der Waals surface area contributed by atoms with Gasteiger partial charge in [-0.15, -0.1) is 11.3 Å². The Labute approximate surface area is 179 Å². The lowest BCUT2D eigenvalue weighted by molar-refractivity contribution is -0.112. The van der Waals surface area contributed by atoms with E-state index in [4.69, 9.17) is 9.47 Å². The Morgan fingerprint density at radius 3 is 2.70 bits per heavy atom. The van der Waals surface area contributed by atoms with Crippen LogP contribution in [0.1, 0.15) is 21.8 Å². The number of amides is 1. The lowest BCUT2D eigenvalue weighted by Crippen LogP contribution is -2.14. The van der Waals surface area contributed by atoms with E-state index in [2.05, 4.69) is 10.3 Å². The van der Waals surface area contributed by atoms with Gasteiger partial charge in [0.2, 0.25) is 0 Å². The van der Waals surface area contributed by atoms with Gasteiger partial charge >= 0.3 is 0 Å². The molecule has 1 heterocycles. The molecule has 0 aliphatic rings. The summed E-state index contributed by atoms with van der Waals surface area (Å²) in [4.78, 5) is 16.9. The summed E-state index contributed by atoms with van der Waals surface area (Å²) in [5, 5.41) is 15.2. The first-order valence-corrected chi connectivity index (χ1v) is 10.1. The van der Waals surface area contributed by atoms with E-state index >= 15 is 0 Å². The topological polar surface area (TPSA) is 84.2 Å². The van der Waals surface area contributed by atoms with Crippen LogP contribution in [0.5, 0.6) is 11.5 Å². The van der Waals surface area contributed by atoms with Gasteiger partial charge in [0.1, 0.15) is 18.2 Å². The first kappa shape index (κ1) is 21.1. The van der Waals surface area contributed by atoms with Gasteiger partial charge in [-0.1, -0.05) is 24.3 Å². The number of anilines is 1. The maximum atomic E-state index is 12.5. The van der Waals surface area contributed by atoms with E-state index in [1.807, 2.05) is 43.5 Å². The molecule has 152 valence electrons.